The van der Waals surface area contributed by atoms with Gasteiger partial charge in [0.2, 0.25) is 5.88 Å². The van der Waals surface area contributed by atoms with Crippen molar-refractivity contribution in [1.29, 1.82) is 0 Å². The summed E-state index contributed by atoms with van der Waals surface area (Å²) >= 11 is 3.43. The number of halogens is 2. The molecule has 2 aromatic rings. The van der Waals surface area contributed by atoms with E-state index in [0.717, 1.165) is 15.7 Å². The number of aromatic nitrogens is 2. The topological polar surface area (TPSA) is 38.2 Å². The van der Waals surface area contributed by atoms with Crippen LogP contribution in [0.2, 0.25) is 0 Å². The predicted octanol–water partition coefficient (Wildman–Crippen LogP) is 3.02. The van der Waals surface area contributed by atoms with Crippen LogP contribution in [0.15, 0.2) is 34.8 Å². The van der Waals surface area contributed by atoms with Crippen LogP contribution in [-0.4, -0.2) is 29.3 Å². The molecule has 4 nitrogen and oxygen atoms in total. The summed E-state index contributed by atoms with van der Waals surface area (Å²) < 4.78 is 19.1. The minimum Gasteiger partial charge on any atom is -0.480 e. The van der Waals surface area contributed by atoms with Crippen molar-refractivity contribution in [2.24, 2.45) is 0 Å². The second-order valence-corrected chi connectivity index (χ2v) is 5.33. The van der Waals surface area contributed by atoms with E-state index in [1.165, 1.54) is 12.1 Å². The smallest absolute Gasteiger partial charge is 0.233 e. The summed E-state index contributed by atoms with van der Waals surface area (Å²) in [5, 5.41) is 7.99. The number of rotatable bonds is 5. The largest absolute Gasteiger partial charge is 0.480 e. The van der Waals surface area contributed by atoms with Gasteiger partial charge in [-0.05, 0) is 36.9 Å². The zero-order valence-corrected chi connectivity index (χ0v) is 12.9. The highest BCUT2D eigenvalue weighted by molar-refractivity contribution is 9.10. The second-order valence-electron chi connectivity index (χ2n) is 4.48. The Hall–Kier alpha value is -1.53. The van der Waals surface area contributed by atoms with Crippen LogP contribution < -0.4 is 4.74 Å². The molecule has 1 heterocycles. The van der Waals surface area contributed by atoms with E-state index in [1.54, 1.807) is 19.2 Å². The average Bonchev–Trinajstić information content (AvgIpc) is 2.43. The fourth-order valence-electron chi connectivity index (χ4n) is 1.83. The van der Waals surface area contributed by atoms with Crippen molar-refractivity contribution >= 4 is 15.9 Å². The highest BCUT2D eigenvalue weighted by Gasteiger charge is 2.07. The molecule has 6 heteroatoms. The molecule has 0 unspecified atom stereocenters. The first-order valence-electron chi connectivity index (χ1n) is 6.07. The third kappa shape index (κ3) is 3.98. The SMILES string of the molecule is COc1ccc(CN(C)Cc2cc(F)ccc2Br)nn1. The zero-order valence-electron chi connectivity index (χ0n) is 11.3. The first-order valence-corrected chi connectivity index (χ1v) is 6.87. The quantitative estimate of drug-likeness (QED) is 0.839. The van der Waals surface area contributed by atoms with E-state index in [0.29, 0.717) is 19.0 Å². The van der Waals surface area contributed by atoms with Crippen LogP contribution in [0.5, 0.6) is 5.88 Å². The van der Waals surface area contributed by atoms with E-state index in [9.17, 15) is 4.39 Å². The maximum atomic E-state index is 13.2. The number of benzene rings is 1. The monoisotopic (exact) mass is 339 g/mol. The summed E-state index contributed by atoms with van der Waals surface area (Å²) in [6.45, 7) is 1.24. The average molecular weight is 340 g/mol. The summed E-state index contributed by atoms with van der Waals surface area (Å²) in [6, 6.07) is 8.31. The number of nitrogens with zero attached hydrogens (tertiary/aromatic N) is 3. The van der Waals surface area contributed by atoms with Crippen molar-refractivity contribution in [3.8, 4) is 5.88 Å². The normalized spacial score (nSPS) is 10.8. The third-order valence-electron chi connectivity index (χ3n) is 2.78. The fourth-order valence-corrected chi connectivity index (χ4v) is 2.20. The standard InChI is InChI=1S/C14H15BrFN3O/c1-19(8-10-7-11(16)3-5-13(10)15)9-12-4-6-14(20-2)18-17-12/h3-7H,8-9H2,1-2H3. The molecular weight excluding hydrogens is 325 g/mol. The Balaban J connectivity index is 2.00. The Labute approximate surface area is 125 Å². The van der Waals surface area contributed by atoms with Gasteiger partial charge in [0.25, 0.3) is 0 Å². The highest BCUT2D eigenvalue weighted by Crippen LogP contribution is 2.19. The summed E-state index contributed by atoms with van der Waals surface area (Å²) in [5.41, 5.74) is 1.73. The lowest BCUT2D eigenvalue weighted by molar-refractivity contribution is 0.311. The summed E-state index contributed by atoms with van der Waals surface area (Å²) in [4.78, 5) is 2.04. The molecule has 2 rings (SSSR count). The minimum absolute atomic E-state index is 0.235. The van der Waals surface area contributed by atoms with Gasteiger partial charge in [-0.3, -0.25) is 4.90 Å². The highest BCUT2D eigenvalue weighted by atomic mass is 79.9. The lowest BCUT2D eigenvalue weighted by Crippen LogP contribution is -2.18. The van der Waals surface area contributed by atoms with E-state index >= 15 is 0 Å². The van der Waals surface area contributed by atoms with Crippen LogP contribution in [0.1, 0.15) is 11.3 Å². The Morgan fingerprint density at radius 2 is 2.00 bits per heavy atom. The third-order valence-corrected chi connectivity index (χ3v) is 3.56. The first kappa shape index (κ1) is 14.9. The van der Waals surface area contributed by atoms with Gasteiger partial charge in [0.1, 0.15) is 5.82 Å². The Morgan fingerprint density at radius 3 is 2.65 bits per heavy atom. The van der Waals surface area contributed by atoms with Crippen molar-refractivity contribution in [1.82, 2.24) is 15.1 Å². The second kappa shape index (κ2) is 6.76. The molecule has 0 saturated heterocycles. The zero-order chi connectivity index (χ0) is 14.5. The van der Waals surface area contributed by atoms with E-state index in [-0.39, 0.29) is 5.82 Å². The van der Waals surface area contributed by atoms with Gasteiger partial charge >= 0.3 is 0 Å². The molecule has 0 aliphatic carbocycles. The van der Waals surface area contributed by atoms with E-state index in [1.807, 2.05) is 18.0 Å². The van der Waals surface area contributed by atoms with Gasteiger partial charge in [-0.1, -0.05) is 15.9 Å². The molecule has 0 atom stereocenters. The van der Waals surface area contributed by atoms with Gasteiger partial charge in [0.15, 0.2) is 0 Å². The molecule has 0 N–H and O–H groups in total. The van der Waals surface area contributed by atoms with Crippen molar-refractivity contribution in [2.45, 2.75) is 13.1 Å². The van der Waals surface area contributed by atoms with Gasteiger partial charge in [-0.25, -0.2) is 4.39 Å². The van der Waals surface area contributed by atoms with Crippen molar-refractivity contribution in [3.63, 3.8) is 0 Å². The summed E-state index contributed by atoms with van der Waals surface area (Å²) in [5.74, 6) is 0.255. The first-order chi connectivity index (χ1) is 9.58. The molecule has 1 aromatic carbocycles. The molecule has 0 amide bonds. The van der Waals surface area contributed by atoms with Gasteiger partial charge in [-0.2, -0.15) is 5.10 Å². The van der Waals surface area contributed by atoms with Crippen LogP contribution in [0.25, 0.3) is 0 Å². The van der Waals surface area contributed by atoms with Crippen LogP contribution >= 0.6 is 15.9 Å². The molecule has 0 saturated carbocycles. The van der Waals surface area contributed by atoms with Crippen molar-refractivity contribution in [2.75, 3.05) is 14.2 Å². The molecule has 1 aromatic heterocycles. The lowest BCUT2D eigenvalue weighted by atomic mass is 10.2. The minimum atomic E-state index is -0.235. The van der Waals surface area contributed by atoms with Crippen LogP contribution in [0, 0.1) is 5.82 Å². The molecule has 0 radical (unpaired) electrons. The summed E-state index contributed by atoms with van der Waals surface area (Å²) in [7, 11) is 3.50. The van der Waals surface area contributed by atoms with Crippen molar-refractivity contribution in [3.05, 3.63) is 51.9 Å². The van der Waals surface area contributed by atoms with Crippen LogP contribution in [-0.2, 0) is 13.1 Å². The molecule has 106 valence electrons. The summed E-state index contributed by atoms with van der Waals surface area (Å²) in [6.07, 6.45) is 0. The number of hydrogen-bond acceptors (Lipinski definition) is 4. The fraction of sp³-hybridized carbons (Fsp3) is 0.286. The van der Waals surface area contributed by atoms with Crippen molar-refractivity contribution < 1.29 is 9.13 Å². The Kier molecular flexibility index (Phi) is 5.03. The molecular formula is C14H15BrFN3O. The van der Waals surface area contributed by atoms with Crippen LogP contribution in [0.3, 0.4) is 0 Å². The van der Waals surface area contributed by atoms with E-state index in [4.69, 9.17) is 4.74 Å². The van der Waals surface area contributed by atoms with E-state index < -0.39 is 0 Å². The Bertz CT molecular complexity index is 577. The molecule has 0 bridgehead atoms. The Morgan fingerprint density at radius 1 is 1.20 bits per heavy atom. The number of hydrogen-bond donors (Lipinski definition) is 0. The van der Waals surface area contributed by atoms with Gasteiger partial charge in [0.05, 0.1) is 12.8 Å². The maximum Gasteiger partial charge on any atom is 0.233 e. The van der Waals surface area contributed by atoms with Gasteiger partial charge in [-0.15, -0.1) is 5.10 Å². The number of methoxy groups -OCH3 is 1. The maximum absolute atomic E-state index is 13.2. The molecule has 0 spiro atoms. The number of ether oxygens (including phenoxy) is 1. The molecule has 0 aliphatic rings. The van der Waals surface area contributed by atoms with Gasteiger partial charge in [0, 0.05) is 23.6 Å². The molecule has 0 aliphatic heterocycles. The predicted molar refractivity (Wildman–Crippen MR) is 77.9 cm³/mol. The molecule has 20 heavy (non-hydrogen) atoms. The molecule has 0 fully saturated rings. The lowest BCUT2D eigenvalue weighted by Gasteiger charge is -2.17. The van der Waals surface area contributed by atoms with Crippen LogP contribution in [0.4, 0.5) is 4.39 Å². The van der Waals surface area contributed by atoms with Gasteiger partial charge < -0.3 is 4.74 Å². The van der Waals surface area contributed by atoms with E-state index in [2.05, 4.69) is 26.1 Å².